The van der Waals surface area contributed by atoms with Crippen molar-refractivity contribution < 1.29 is 5.11 Å². The third-order valence-corrected chi connectivity index (χ3v) is 6.50. The highest BCUT2D eigenvalue weighted by Crippen LogP contribution is 2.42. The van der Waals surface area contributed by atoms with E-state index in [0.29, 0.717) is 0 Å². The molecule has 140 valence electrons. The first-order valence-electron chi connectivity index (χ1n) is 8.44. The van der Waals surface area contributed by atoms with E-state index in [1.54, 1.807) is 11.3 Å². The summed E-state index contributed by atoms with van der Waals surface area (Å²) in [7, 11) is 2.18. The molecule has 1 aliphatic carbocycles. The normalized spacial score (nSPS) is 23.1. The molecule has 7 heteroatoms. The number of nitrogens with zero attached hydrogens (tertiary/aromatic N) is 2. The number of halogens is 3. The van der Waals surface area contributed by atoms with E-state index in [2.05, 4.69) is 28.3 Å². The van der Waals surface area contributed by atoms with E-state index >= 15 is 0 Å². The Bertz CT molecular complexity index is 486. The summed E-state index contributed by atoms with van der Waals surface area (Å²) in [5, 5.41) is 13.4. The van der Waals surface area contributed by atoms with Crippen molar-refractivity contribution in [3.63, 3.8) is 0 Å². The lowest BCUT2D eigenvalue weighted by Gasteiger charge is -2.43. The van der Waals surface area contributed by atoms with Crippen LogP contribution in [0, 0.1) is 0 Å². The fourth-order valence-corrected chi connectivity index (χ4v) is 4.84. The molecule has 1 atom stereocenters. The second kappa shape index (κ2) is 9.96. The lowest BCUT2D eigenvalue weighted by molar-refractivity contribution is -0.0335. The van der Waals surface area contributed by atoms with Crippen molar-refractivity contribution in [1.29, 1.82) is 0 Å². The molecule has 1 N–H and O–H groups in total. The van der Waals surface area contributed by atoms with Crippen molar-refractivity contribution in [3.05, 3.63) is 21.3 Å². The van der Waals surface area contributed by atoms with Gasteiger partial charge in [0.2, 0.25) is 0 Å². The Morgan fingerprint density at radius 2 is 1.79 bits per heavy atom. The predicted octanol–water partition coefficient (Wildman–Crippen LogP) is 4.27. The standard InChI is InChI=1S/C17H27ClN2OS.2ClH/c1-19-7-9-20(10-8-19)12-15(14-11-16(18)22-13-14)17(21)5-3-2-4-6-17;;/h11,13,15,21H,2-10,12H2,1H3;2*1H. The van der Waals surface area contributed by atoms with Gasteiger partial charge < -0.3 is 14.9 Å². The van der Waals surface area contributed by atoms with Gasteiger partial charge in [-0.15, -0.1) is 36.2 Å². The quantitative estimate of drug-likeness (QED) is 0.795. The Morgan fingerprint density at radius 1 is 1.17 bits per heavy atom. The molecule has 3 rings (SSSR count). The van der Waals surface area contributed by atoms with Crippen molar-refractivity contribution in [2.24, 2.45) is 0 Å². The zero-order chi connectivity index (χ0) is 15.6. The van der Waals surface area contributed by atoms with E-state index in [-0.39, 0.29) is 30.7 Å². The third kappa shape index (κ3) is 5.47. The molecular formula is C17H29Cl3N2OS. The largest absolute Gasteiger partial charge is 0.389 e. The Kier molecular flexibility index (Phi) is 9.33. The Morgan fingerprint density at radius 3 is 2.33 bits per heavy atom. The average Bonchev–Trinajstić information content (AvgIpc) is 2.93. The maximum Gasteiger partial charge on any atom is 0.0931 e. The van der Waals surface area contributed by atoms with E-state index in [0.717, 1.165) is 62.7 Å². The first-order chi connectivity index (χ1) is 10.6. The van der Waals surface area contributed by atoms with Gasteiger partial charge in [0.15, 0.2) is 0 Å². The van der Waals surface area contributed by atoms with Crippen LogP contribution in [0.3, 0.4) is 0 Å². The zero-order valence-electron chi connectivity index (χ0n) is 14.2. The molecule has 0 bridgehead atoms. The highest BCUT2D eigenvalue weighted by atomic mass is 35.5. The van der Waals surface area contributed by atoms with Crippen molar-refractivity contribution in [1.82, 2.24) is 9.80 Å². The molecule has 1 saturated heterocycles. The van der Waals surface area contributed by atoms with Gasteiger partial charge in [-0.1, -0.05) is 30.9 Å². The molecule has 1 unspecified atom stereocenters. The number of hydrogen-bond acceptors (Lipinski definition) is 4. The van der Waals surface area contributed by atoms with Crippen LogP contribution in [0.5, 0.6) is 0 Å². The third-order valence-electron chi connectivity index (χ3n) is 5.39. The fraction of sp³-hybridized carbons (Fsp3) is 0.765. The number of rotatable bonds is 4. The lowest BCUT2D eigenvalue weighted by Crippen LogP contribution is -2.49. The van der Waals surface area contributed by atoms with Crippen molar-refractivity contribution in [3.8, 4) is 0 Å². The fourth-order valence-electron chi connectivity index (χ4n) is 3.89. The highest BCUT2D eigenvalue weighted by Gasteiger charge is 2.40. The molecule has 2 aliphatic rings. The summed E-state index contributed by atoms with van der Waals surface area (Å²) in [4.78, 5) is 4.89. The number of hydrogen-bond donors (Lipinski definition) is 1. The minimum atomic E-state index is -0.550. The van der Waals surface area contributed by atoms with E-state index in [1.165, 1.54) is 12.0 Å². The van der Waals surface area contributed by atoms with E-state index in [1.807, 2.05) is 0 Å². The van der Waals surface area contributed by atoms with Crippen LogP contribution in [-0.2, 0) is 0 Å². The van der Waals surface area contributed by atoms with Crippen LogP contribution < -0.4 is 0 Å². The lowest BCUT2D eigenvalue weighted by atomic mass is 9.73. The van der Waals surface area contributed by atoms with Gasteiger partial charge in [0.1, 0.15) is 0 Å². The van der Waals surface area contributed by atoms with Crippen LogP contribution in [0.1, 0.15) is 43.6 Å². The number of aliphatic hydroxyl groups is 1. The molecule has 2 heterocycles. The van der Waals surface area contributed by atoms with Gasteiger partial charge >= 0.3 is 0 Å². The van der Waals surface area contributed by atoms with E-state index in [4.69, 9.17) is 11.6 Å². The minimum absolute atomic E-state index is 0. The molecule has 0 radical (unpaired) electrons. The molecule has 3 nitrogen and oxygen atoms in total. The van der Waals surface area contributed by atoms with Crippen molar-refractivity contribution >= 4 is 47.8 Å². The predicted molar refractivity (Wildman–Crippen MR) is 109 cm³/mol. The summed E-state index contributed by atoms with van der Waals surface area (Å²) in [6.45, 7) is 5.39. The number of thiophene rings is 1. The van der Waals surface area contributed by atoms with E-state index in [9.17, 15) is 5.11 Å². The summed E-state index contributed by atoms with van der Waals surface area (Å²) >= 11 is 7.75. The van der Waals surface area contributed by atoms with Gasteiger partial charge in [-0.3, -0.25) is 0 Å². The van der Waals surface area contributed by atoms with Gasteiger partial charge in [-0.25, -0.2) is 0 Å². The van der Waals surface area contributed by atoms with Crippen LogP contribution in [0.25, 0.3) is 0 Å². The molecule has 1 aromatic rings. The Balaban J connectivity index is 0.00000144. The SMILES string of the molecule is CN1CCN(CC(c2csc(Cl)c2)C2(O)CCCCC2)CC1.Cl.Cl. The first kappa shape index (κ1) is 22.5. The Hall–Kier alpha value is 0.450. The minimum Gasteiger partial charge on any atom is -0.389 e. The van der Waals surface area contributed by atoms with Crippen LogP contribution in [-0.4, -0.2) is 60.3 Å². The maximum absolute atomic E-state index is 11.3. The molecule has 2 fully saturated rings. The summed E-state index contributed by atoms with van der Waals surface area (Å²) < 4.78 is 0.831. The van der Waals surface area contributed by atoms with Gasteiger partial charge in [0.25, 0.3) is 0 Å². The van der Waals surface area contributed by atoms with Crippen LogP contribution >= 0.6 is 47.8 Å². The second-order valence-corrected chi connectivity index (χ2v) is 8.55. The topological polar surface area (TPSA) is 26.7 Å². The van der Waals surface area contributed by atoms with Crippen LogP contribution in [0.15, 0.2) is 11.4 Å². The summed E-state index contributed by atoms with van der Waals surface area (Å²) in [6, 6.07) is 2.07. The summed E-state index contributed by atoms with van der Waals surface area (Å²) in [5.74, 6) is 0.194. The summed E-state index contributed by atoms with van der Waals surface area (Å²) in [6.07, 6.45) is 5.41. The molecule has 1 saturated carbocycles. The van der Waals surface area contributed by atoms with Crippen LogP contribution in [0.4, 0.5) is 0 Å². The number of piperazine rings is 1. The Labute approximate surface area is 167 Å². The molecule has 24 heavy (non-hydrogen) atoms. The monoisotopic (exact) mass is 414 g/mol. The highest BCUT2D eigenvalue weighted by molar-refractivity contribution is 7.14. The van der Waals surface area contributed by atoms with Crippen molar-refractivity contribution in [2.45, 2.75) is 43.6 Å². The average molecular weight is 416 g/mol. The van der Waals surface area contributed by atoms with Gasteiger partial charge in [0, 0.05) is 38.6 Å². The molecule has 0 spiro atoms. The molecule has 0 aromatic carbocycles. The zero-order valence-corrected chi connectivity index (χ0v) is 17.5. The van der Waals surface area contributed by atoms with Gasteiger partial charge in [-0.2, -0.15) is 0 Å². The first-order valence-corrected chi connectivity index (χ1v) is 9.70. The molecule has 1 aromatic heterocycles. The molecule has 0 amide bonds. The van der Waals surface area contributed by atoms with Gasteiger partial charge in [0.05, 0.1) is 9.94 Å². The smallest absolute Gasteiger partial charge is 0.0931 e. The maximum atomic E-state index is 11.3. The second-order valence-electron chi connectivity index (χ2n) is 7.00. The number of likely N-dealkylation sites (N-methyl/N-ethyl adjacent to an activating group) is 1. The molecule has 1 aliphatic heterocycles. The van der Waals surface area contributed by atoms with Crippen LogP contribution in [0.2, 0.25) is 4.34 Å². The summed E-state index contributed by atoms with van der Waals surface area (Å²) in [5.41, 5.74) is 0.685. The van der Waals surface area contributed by atoms with Crippen molar-refractivity contribution in [2.75, 3.05) is 39.8 Å². The van der Waals surface area contributed by atoms with Gasteiger partial charge in [-0.05, 0) is 36.9 Å². The van der Waals surface area contributed by atoms with E-state index < -0.39 is 5.60 Å². The molecular weight excluding hydrogens is 387 g/mol.